The van der Waals surface area contributed by atoms with Crippen LogP contribution in [0.5, 0.6) is 0 Å². The summed E-state index contributed by atoms with van der Waals surface area (Å²) in [6.07, 6.45) is 7.31. The van der Waals surface area contributed by atoms with Crippen LogP contribution in [0.4, 0.5) is 11.4 Å². The van der Waals surface area contributed by atoms with E-state index in [2.05, 4.69) is 26.4 Å². The Hall–Kier alpha value is -2.60. The number of carbonyl (C=O) groups is 1. The van der Waals surface area contributed by atoms with E-state index in [9.17, 15) is 4.79 Å². The summed E-state index contributed by atoms with van der Waals surface area (Å²) in [4.78, 5) is 19.5. The zero-order valence-electron chi connectivity index (χ0n) is 15.5. The van der Waals surface area contributed by atoms with Crippen molar-refractivity contribution in [1.82, 2.24) is 14.8 Å². The summed E-state index contributed by atoms with van der Waals surface area (Å²) >= 11 is 6.24. The molecule has 1 amide bonds. The Morgan fingerprint density at radius 3 is 2.63 bits per heavy atom. The van der Waals surface area contributed by atoms with Gasteiger partial charge in [0.15, 0.2) is 0 Å². The van der Waals surface area contributed by atoms with Gasteiger partial charge in [0.2, 0.25) is 0 Å². The van der Waals surface area contributed by atoms with E-state index in [-0.39, 0.29) is 5.91 Å². The highest BCUT2D eigenvalue weighted by atomic mass is 35.5. The minimum absolute atomic E-state index is 0.263. The Morgan fingerprint density at radius 1 is 1.15 bits per heavy atom. The van der Waals surface area contributed by atoms with Crippen LogP contribution in [0.15, 0.2) is 30.6 Å². The molecule has 3 aromatic rings. The van der Waals surface area contributed by atoms with Crippen LogP contribution in [0, 0.1) is 6.92 Å². The Labute approximate surface area is 163 Å². The molecule has 0 bridgehead atoms. The average Bonchev–Trinajstić information content (AvgIpc) is 2.94. The quantitative estimate of drug-likeness (QED) is 0.737. The molecule has 1 aromatic carbocycles. The first-order valence-corrected chi connectivity index (χ1v) is 9.56. The van der Waals surface area contributed by atoms with Gasteiger partial charge < -0.3 is 10.2 Å². The fourth-order valence-corrected chi connectivity index (χ4v) is 4.03. The van der Waals surface area contributed by atoms with Gasteiger partial charge in [0.1, 0.15) is 5.15 Å². The molecular weight excluding hydrogens is 362 g/mol. The van der Waals surface area contributed by atoms with Crippen LogP contribution in [0.3, 0.4) is 0 Å². The van der Waals surface area contributed by atoms with Gasteiger partial charge in [0, 0.05) is 49.0 Å². The molecule has 0 atom stereocenters. The zero-order chi connectivity index (χ0) is 19.0. The van der Waals surface area contributed by atoms with E-state index < -0.39 is 0 Å². The van der Waals surface area contributed by atoms with E-state index in [1.165, 1.54) is 29.6 Å². The Balaban J connectivity index is 1.71. The molecule has 140 valence electrons. The second-order valence-electron chi connectivity index (χ2n) is 6.93. The summed E-state index contributed by atoms with van der Waals surface area (Å²) in [5.74, 6) is -0.263. The van der Waals surface area contributed by atoms with Crippen LogP contribution in [0.2, 0.25) is 5.15 Å². The SMILES string of the molecule is Cc1nn(C)c(Cl)c1C(=O)Nc1ccc(N2CCCCC2)c2ccncc12. The lowest BCUT2D eigenvalue weighted by molar-refractivity contribution is 0.102. The minimum Gasteiger partial charge on any atom is -0.371 e. The van der Waals surface area contributed by atoms with E-state index in [4.69, 9.17) is 11.6 Å². The van der Waals surface area contributed by atoms with E-state index in [0.29, 0.717) is 16.4 Å². The van der Waals surface area contributed by atoms with Crippen molar-refractivity contribution in [3.63, 3.8) is 0 Å². The molecule has 2 aromatic heterocycles. The maximum atomic E-state index is 12.8. The van der Waals surface area contributed by atoms with Crippen LogP contribution >= 0.6 is 11.6 Å². The van der Waals surface area contributed by atoms with Gasteiger partial charge in [-0.15, -0.1) is 0 Å². The number of carbonyl (C=O) groups excluding carboxylic acids is 1. The molecule has 3 heterocycles. The highest BCUT2D eigenvalue weighted by Crippen LogP contribution is 2.33. The summed E-state index contributed by atoms with van der Waals surface area (Å²) in [7, 11) is 1.72. The number of rotatable bonds is 3. The normalized spacial score (nSPS) is 14.6. The van der Waals surface area contributed by atoms with Crippen LogP contribution in [0.1, 0.15) is 35.3 Å². The molecule has 0 saturated carbocycles. The number of nitrogens with one attached hydrogen (secondary N) is 1. The van der Waals surface area contributed by atoms with E-state index >= 15 is 0 Å². The van der Waals surface area contributed by atoms with Crippen LogP contribution in [0.25, 0.3) is 10.8 Å². The third-order valence-corrected chi connectivity index (χ3v) is 5.55. The Morgan fingerprint density at radius 2 is 1.93 bits per heavy atom. The second kappa shape index (κ2) is 7.19. The van der Waals surface area contributed by atoms with Crippen molar-refractivity contribution in [2.45, 2.75) is 26.2 Å². The molecule has 0 unspecified atom stereocenters. The van der Waals surface area contributed by atoms with Crippen molar-refractivity contribution >= 4 is 39.7 Å². The van der Waals surface area contributed by atoms with E-state index in [1.54, 1.807) is 26.4 Å². The number of nitrogens with zero attached hydrogens (tertiary/aromatic N) is 4. The third kappa shape index (κ3) is 3.25. The minimum atomic E-state index is -0.263. The molecule has 0 radical (unpaired) electrons. The smallest absolute Gasteiger partial charge is 0.260 e. The van der Waals surface area contributed by atoms with Gasteiger partial charge in [-0.1, -0.05) is 11.6 Å². The first kappa shape index (κ1) is 17.8. The van der Waals surface area contributed by atoms with Crippen molar-refractivity contribution in [3.05, 3.63) is 47.0 Å². The maximum Gasteiger partial charge on any atom is 0.260 e. The summed E-state index contributed by atoms with van der Waals surface area (Å²) in [6.45, 7) is 3.90. The predicted octanol–water partition coefficient (Wildman–Crippen LogP) is 4.17. The first-order valence-electron chi connectivity index (χ1n) is 9.18. The van der Waals surface area contributed by atoms with Crippen LogP contribution in [-0.2, 0) is 7.05 Å². The molecule has 0 spiro atoms. The maximum absolute atomic E-state index is 12.8. The number of amides is 1. The number of aromatic nitrogens is 3. The largest absolute Gasteiger partial charge is 0.371 e. The average molecular weight is 384 g/mol. The fraction of sp³-hybridized carbons (Fsp3) is 0.350. The van der Waals surface area contributed by atoms with Gasteiger partial charge in [-0.05, 0) is 44.4 Å². The highest BCUT2D eigenvalue weighted by Gasteiger charge is 2.21. The van der Waals surface area contributed by atoms with Crippen molar-refractivity contribution < 1.29 is 4.79 Å². The lowest BCUT2D eigenvalue weighted by Crippen LogP contribution is -2.29. The molecule has 1 N–H and O–H groups in total. The summed E-state index contributed by atoms with van der Waals surface area (Å²) in [5, 5.41) is 9.56. The number of fused-ring (bicyclic) bond motifs is 1. The monoisotopic (exact) mass is 383 g/mol. The van der Waals surface area contributed by atoms with Crippen molar-refractivity contribution in [2.75, 3.05) is 23.3 Å². The molecule has 7 heteroatoms. The van der Waals surface area contributed by atoms with Gasteiger partial charge in [-0.25, -0.2) is 0 Å². The number of aryl methyl sites for hydroxylation is 2. The number of piperidine rings is 1. The molecule has 1 saturated heterocycles. The van der Waals surface area contributed by atoms with Crippen LogP contribution in [-0.4, -0.2) is 33.8 Å². The highest BCUT2D eigenvalue weighted by molar-refractivity contribution is 6.33. The number of hydrogen-bond acceptors (Lipinski definition) is 4. The molecule has 1 aliphatic rings. The number of anilines is 2. The summed E-state index contributed by atoms with van der Waals surface area (Å²) < 4.78 is 1.50. The number of halogens is 1. The van der Waals surface area contributed by atoms with Gasteiger partial charge in [0.05, 0.1) is 16.9 Å². The zero-order valence-corrected chi connectivity index (χ0v) is 16.3. The molecule has 27 heavy (non-hydrogen) atoms. The fourth-order valence-electron chi connectivity index (χ4n) is 3.77. The second-order valence-corrected chi connectivity index (χ2v) is 7.29. The summed E-state index contributed by atoms with van der Waals surface area (Å²) in [5.41, 5.74) is 2.92. The first-order chi connectivity index (χ1) is 13.1. The van der Waals surface area contributed by atoms with Gasteiger partial charge in [0.25, 0.3) is 5.91 Å². The molecule has 6 nitrogen and oxygen atoms in total. The van der Waals surface area contributed by atoms with Crippen molar-refractivity contribution in [3.8, 4) is 0 Å². The number of hydrogen-bond donors (Lipinski definition) is 1. The van der Waals surface area contributed by atoms with Crippen molar-refractivity contribution in [2.24, 2.45) is 7.05 Å². The third-order valence-electron chi connectivity index (χ3n) is 5.12. The van der Waals surface area contributed by atoms with Crippen LogP contribution < -0.4 is 10.2 Å². The van der Waals surface area contributed by atoms with Gasteiger partial charge in [-0.3, -0.25) is 14.5 Å². The number of benzene rings is 1. The molecule has 4 rings (SSSR count). The Bertz CT molecular complexity index is 1010. The van der Waals surface area contributed by atoms with E-state index in [1.807, 2.05) is 12.1 Å². The summed E-state index contributed by atoms with van der Waals surface area (Å²) in [6, 6.07) is 6.05. The number of pyridine rings is 1. The van der Waals surface area contributed by atoms with Gasteiger partial charge >= 0.3 is 0 Å². The molecule has 1 fully saturated rings. The lowest BCUT2D eigenvalue weighted by atomic mass is 10.0. The molecule has 1 aliphatic heterocycles. The molecule has 0 aliphatic carbocycles. The Kier molecular flexibility index (Phi) is 4.74. The molecular formula is C20H22ClN5O. The van der Waals surface area contributed by atoms with E-state index in [0.717, 1.165) is 29.5 Å². The topological polar surface area (TPSA) is 63.1 Å². The van der Waals surface area contributed by atoms with Crippen molar-refractivity contribution in [1.29, 1.82) is 0 Å². The van der Waals surface area contributed by atoms with Gasteiger partial charge in [-0.2, -0.15) is 5.10 Å². The lowest BCUT2D eigenvalue weighted by Gasteiger charge is -2.30. The predicted molar refractivity (Wildman–Crippen MR) is 109 cm³/mol. The standard InChI is InChI=1S/C20H22ClN5O/c1-13-18(19(21)25(2)24-13)20(27)23-16-6-7-17(26-10-4-3-5-11-26)14-8-9-22-12-15(14)16/h6-9,12H,3-5,10-11H2,1-2H3,(H,23,27).